The zero-order chi connectivity index (χ0) is 14.0. The lowest BCUT2D eigenvalue weighted by atomic mass is 9.85. The van der Waals surface area contributed by atoms with Gasteiger partial charge in [0.25, 0.3) is 0 Å². The van der Waals surface area contributed by atoms with Gasteiger partial charge in [-0.2, -0.15) is 0 Å². The Balaban J connectivity index is 2.41. The van der Waals surface area contributed by atoms with E-state index in [2.05, 4.69) is 4.90 Å². The van der Waals surface area contributed by atoms with Crippen molar-refractivity contribution in [2.75, 3.05) is 34.4 Å². The molecule has 0 aliphatic carbocycles. The van der Waals surface area contributed by atoms with Gasteiger partial charge in [0.15, 0.2) is 5.78 Å². The van der Waals surface area contributed by atoms with Crippen LogP contribution in [-0.4, -0.2) is 45.0 Å². The molecule has 1 aliphatic rings. The summed E-state index contributed by atoms with van der Waals surface area (Å²) in [6.07, 6.45) is 0.846. The van der Waals surface area contributed by atoms with Gasteiger partial charge < -0.3 is 9.47 Å². The first-order chi connectivity index (χ1) is 9.06. The van der Waals surface area contributed by atoms with E-state index in [9.17, 15) is 4.79 Å². The molecule has 1 saturated heterocycles. The van der Waals surface area contributed by atoms with E-state index in [1.54, 1.807) is 14.2 Å². The number of likely N-dealkylation sites (tertiary alicyclic amines) is 1. The van der Waals surface area contributed by atoms with Crippen LogP contribution in [0.25, 0.3) is 0 Å². The molecule has 1 aromatic rings. The molecule has 2 rings (SSSR count). The first-order valence-corrected chi connectivity index (χ1v) is 6.50. The minimum atomic E-state index is -0.0583. The molecule has 4 heteroatoms. The van der Waals surface area contributed by atoms with Crippen molar-refractivity contribution in [3.8, 4) is 11.5 Å². The molecule has 0 amide bonds. The lowest BCUT2D eigenvalue weighted by Crippen LogP contribution is -2.37. The molecule has 0 radical (unpaired) electrons. The van der Waals surface area contributed by atoms with Crippen molar-refractivity contribution in [1.29, 1.82) is 0 Å². The minimum Gasteiger partial charge on any atom is -0.497 e. The van der Waals surface area contributed by atoms with Gasteiger partial charge in [-0.1, -0.05) is 0 Å². The van der Waals surface area contributed by atoms with Crippen LogP contribution in [0.2, 0.25) is 0 Å². The van der Waals surface area contributed by atoms with Gasteiger partial charge in [-0.25, -0.2) is 0 Å². The van der Waals surface area contributed by atoms with Gasteiger partial charge in [-0.05, 0) is 38.6 Å². The zero-order valence-electron chi connectivity index (χ0n) is 12.0. The van der Waals surface area contributed by atoms with E-state index in [0.717, 1.165) is 35.6 Å². The molecule has 0 N–H and O–H groups in total. The molecular weight excluding hydrogens is 242 g/mol. The number of hydrogen-bond donors (Lipinski definition) is 0. The molecule has 1 aliphatic heterocycles. The maximum atomic E-state index is 12.3. The Morgan fingerprint density at radius 2 is 2.00 bits per heavy atom. The van der Waals surface area contributed by atoms with Crippen LogP contribution in [0.4, 0.5) is 0 Å². The molecule has 0 unspecified atom stereocenters. The number of Topliss-reactive ketones (excluding diaryl/α,β-unsaturated/α-hetero) is 1. The summed E-state index contributed by atoms with van der Waals surface area (Å²) < 4.78 is 10.7. The van der Waals surface area contributed by atoms with Gasteiger partial charge in [-0.3, -0.25) is 9.69 Å². The van der Waals surface area contributed by atoms with Crippen molar-refractivity contribution >= 4 is 5.78 Å². The molecule has 1 heterocycles. The normalized spacial score (nSPS) is 20.4. The number of rotatable bonds is 3. The van der Waals surface area contributed by atoms with E-state index in [-0.39, 0.29) is 11.7 Å². The summed E-state index contributed by atoms with van der Waals surface area (Å²) in [6, 6.07) is 3.82. The van der Waals surface area contributed by atoms with E-state index in [1.807, 2.05) is 26.1 Å². The molecule has 1 fully saturated rings. The number of piperidine rings is 1. The summed E-state index contributed by atoms with van der Waals surface area (Å²) in [5.41, 5.74) is 2.07. The quantitative estimate of drug-likeness (QED) is 0.836. The third kappa shape index (κ3) is 2.73. The lowest BCUT2D eigenvalue weighted by Gasteiger charge is -2.29. The van der Waals surface area contributed by atoms with Crippen LogP contribution < -0.4 is 9.47 Å². The number of carbonyl (C=O) groups excluding carboxylic acids is 1. The predicted octanol–water partition coefficient (Wildman–Crippen LogP) is 2.00. The summed E-state index contributed by atoms with van der Waals surface area (Å²) in [7, 11) is 5.25. The number of methoxy groups -OCH3 is 2. The molecule has 104 valence electrons. The lowest BCUT2D eigenvalue weighted by molar-refractivity contribution is -0.123. The standard InChI is InChI=1S/C15H21NO3/c1-10-7-11(18-3)8-14(19-4)15(10)12-5-6-16(2)9-13(12)17/h7-8,12H,5-6,9H2,1-4H3/t12-/m0/s1. The number of likely N-dealkylation sites (N-methyl/N-ethyl adjacent to an activating group) is 1. The average Bonchev–Trinajstić information content (AvgIpc) is 2.39. The number of carbonyl (C=O) groups is 1. The van der Waals surface area contributed by atoms with Crippen molar-refractivity contribution in [3.05, 3.63) is 23.3 Å². The highest BCUT2D eigenvalue weighted by Gasteiger charge is 2.30. The molecule has 0 aromatic heterocycles. The van der Waals surface area contributed by atoms with Crippen molar-refractivity contribution < 1.29 is 14.3 Å². The van der Waals surface area contributed by atoms with Crippen molar-refractivity contribution in [2.24, 2.45) is 0 Å². The Morgan fingerprint density at radius 1 is 1.26 bits per heavy atom. The molecule has 1 aromatic carbocycles. The minimum absolute atomic E-state index is 0.0583. The average molecular weight is 263 g/mol. The Bertz CT molecular complexity index is 485. The van der Waals surface area contributed by atoms with Crippen LogP contribution in [0.1, 0.15) is 23.5 Å². The van der Waals surface area contributed by atoms with Crippen LogP contribution in [0, 0.1) is 6.92 Å². The largest absolute Gasteiger partial charge is 0.497 e. The molecule has 1 atom stereocenters. The van der Waals surface area contributed by atoms with Gasteiger partial charge in [0, 0.05) is 17.5 Å². The van der Waals surface area contributed by atoms with Crippen LogP contribution in [0.3, 0.4) is 0 Å². The Kier molecular flexibility index (Phi) is 4.10. The predicted molar refractivity (Wildman–Crippen MR) is 74.1 cm³/mol. The number of hydrogen-bond acceptors (Lipinski definition) is 4. The number of aryl methyl sites for hydroxylation is 1. The first-order valence-electron chi connectivity index (χ1n) is 6.50. The molecule has 19 heavy (non-hydrogen) atoms. The molecular formula is C15H21NO3. The van der Waals surface area contributed by atoms with Crippen LogP contribution in [0.15, 0.2) is 12.1 Å². The molecule has 0 saturated carbocycles. The Hall–Kier alpha value is -1.55. The second-order valence-corrected chi connectivity index (χ2v) is 5.11. The second kappa shape index (κ2) is 5.61. The summed E-state index contributed by atoms with van der Waals surface area (Å²) in [4.78, 5) is 14.3. The highest BCUT2D eigenvalue weighted by molar-refractivity contribution is 5.89. The molecule has 4 nitrogen and oxygen atoms in total. The third-order valence-corrected chi connectivity index (χ3v) is 3.74. The summed E-state index contributed by atoms with van der Waals surface area (Å²) in [5.74, 6) is 1.72. The van der Waals surface area contributed by atoms with Crippen LogP contribution >= 0.6 is 0 Å². The highest BCUT2D eigenvalue weighted by Crippen LogP contribution is 2.37. The van der Waals surface area contributed by atoms with E-state index in [1.165, 1.54) is 0 Å². The number of benzene rings is 1. The number of ketones is 1. The van der Waals surface area contributed by atoms with Crippen molar-refractivity contribution in [2.45, 2.75) is 19.3 Å². The monoisotopic (exact) mass is 263 g/mol. The summed E-state index contributed by atoms with van der Waals surface area (Å²) >= 11 is 0. The number of ether oxygens (including phenoxy) is 2. The van der Waals surface area contributed by atoms with Crippen molar-refractivity contribution in [3.63, 3.8) is 0 Å². The van der Waals surface area contributed by atoms with Gasteiger partial charge >= 0.3 is 0 Å². The van der Waals surface area contributed by atoms with Gasteiger partial charge in [0.05, 0.1) is 20.8 Å². The topological polar surface area (TPSA) is 38.8 Å². The summed E-state index contributed by atoms with van der Waals surface area (Å²) in [6.45, 7) is 3.45. The number of nitrogens with zero attached hydrogens (tertiary/aromatic N) is 1. The van der Waals surface area contributed by atoms with Gasteiger partial charge in [-0.15, -0.1) is 0 Å². The maximum Gasteiger partial charge on any atom is 0.154 e. The van der Waals surface area contributed by atoms with E-state index >= 15 is 0 Å². The van der Waals surface area contributed by atoms with E-state index < -0.39 is 0 Å². The summed E-state index contributed by atoms with van der Waals surface area (Å²) in [5, 5.41) is 0. The second-order valence-electron chi connectivity index (χ2n) is 5.11. The van der Waals surface area contributed by atoms with Crippen molar-refractivity contribution in [1.82, 2.24) is 4.90 Å². The molecule has 0 spiro atoms. The Labute approximate surface area is 114 Å². The van der Waals surface area contributed by atoms with Crippen LogP contribution in [0.5, 0.6) is 11.5 Å². The van der Waals surface area contributed by atoms with Crippen LogP contribution in [-0.2, 0) is 4.79 Å². The zero-order valence-corrected chi connectivity index (χ0v) is 12.0. The SMILES string of the molecule is COc1cc(C)c([C@H]2CCN(C)CC2=O)c(OC)c1. The van der Waals surface area contributed by atoms with Gasteiger partial charge in [0.2, 0.25) is 0 Å². The fourth-order valence-corrected chi connectivity index (χ4v) is 2.74. The Morgan fingerprint density at radius 3 is 2.58 bits per heavy atom. The fraction of sp³-hybridized carbons (Fsp3) is 0.533. The third-order valence-electron chi connectivity index (χ3n) is 3.74. The van der Waals surface area contributed by atoms with E-state index in [4.69, 9.17) is 9.47 Å². The maximum absolute atomic E-state index is 12.3. The fourth-order valence-electron chi connectivity index (χ4n) is 2.74. The smallest absolute Gasteiger partial charge is 0.154 e. The highest BCUT2D eigenvalue weighted by atomic mass is 16.5. The van der Waals surface area contributed by atoms with Gasteiger partial charge in [0.1, 0.15) is 11.5 Å². The van der Waals surface area contributed by atoms with E-state index in [0.29, 0.717) is 6.54 Å². The first kappa shape index (κ1) is 13.9. The molecule has 0 bridgehead atoms.